The zero-order valence-electron chi connectivity index (χ0n) is 29.7. The van der Waals surface area contributed by atoms with Gasteiger partial charge in [-0.25, -0.2) is 0 Å². The molecule has 0 bridgehead atoms. The van der Waals surface area contributed by atoms with Crippen molar-refractivity contribution >= 4 is 27.8 Å². The quantitative estimate of drug-likeness (QED) is 0.174. The molecule has 0 aromatic heterocycles. The van der Waals surface area contributed by atoms with Gasteiger partial charge in [-0.15, -0.1) is 0 Å². The van der Waals surface area contributed by atoms with E-state index in [9.17, 15) is 0 Å². The van der Waals surface area contributed by atoms with Crippen molar-refractivity contribution in [3.8, 4) is 44.5 Å². The summed E-state index contributed by atoms with van der Waals surface area (Å²) in [5, 5.41) is 2.45. The highest BCUT2D eigenvalue weighted by atomic mass is 15.1. The molecule has 54 heavy (non-hydrogen) atoms. The lowest BCUT2D eigenvalue weighted by Crippen LogP contribution is -2.26. The van der Waals surface area contributed by atoms with Crippen LogP contribution in [-0.2, 0) is 5.41 Å². The summed E-state index contributed by atoms with van der Waals surface area (Å²) in [6.45, 7) is 0. The first kappa shape index (κ1) is 30.6. The smallest absolute Gasteiger partial charge is 0.0726 e. The Balaban J connectivity index is 1.19. The Morgan fingerprint density at radius 2 is 0.796 bits per heavy atom. The Labute approximate surface area is 316 Å². The Morgan fingerprint density at radius 3 is 1.52 bits per heavy atom. The third-order valence-electron chi connectivity index (χ3n) is 11.7. The number of benzene rings is 9. The minimum Gasteiger partial charge on any atom is -0.310 e. The molecule has 2 aliphatic carbocycles. The molecule has 0 amide bonds. The van der Waals surface area contributed by atoms with Gasteiger partial charge in [0.25, 0.3) is 0 Å². The van der Waals surface area contributed by atoms with Crippen LogP contribution in [0.1, 0.15) is 22.3 Å². The van der Waals surface area contributed by atoms with Gasteiger partial charge in [-0.2, -0.15) is 0 Å². The second-order valence-electron chi connectivity index (χ2n) is 14.4. The molecule has 0 fully saturated rings. The summed E-state index contributed by atoms with van der Waals surface area (Å²) < 4.78 is 0. The van der Waals surface area contributed by atoms with E-state index in [4.69, 9.17) is 0 Å². The van der Waals surface area contributed by atoms with Gasteiger partial charge in [-0.1, -0.05) is 182 Å². The van der Waals surface area contributed by atoms with E-state index >= 15 is 0 Å². The highest BCUT2D eigenvalue weighted by molar-refractivity contribution is 6.04. The SMILES string of the molecule is c1ccc(-c2ccc(N(c3ccc4ccccc4c3)c3cccc4c3-c3ccccc3C43c4ccccc4-c4c(-c5ccccc5)cccc43)cc2)cc1. The van der Waals surface area contributed by atoms with E-state index in [-0.39, 0.29) is 0 Å². The maximum atomic E-state index is 2.47. The molecule has 1 spiro atoms. The molecule has 252 valence electrons. The number of hydrogen-bond donors (Lipinski definition) is 0. The molecule has 1 nitrogen and oxygen atoms in total. The summed E-state index contributed by atoms with van der Waals surface area (Å²) in [4.78, 5) is 2.47. The Hall–Kier alpha value is -6.96. The number of nitrogens with zero attached hydrogens (tertiary/aromatic N) is 1. The fraction of sp³-hybridized carbons (Fsp3) is 0.0189. The molecule has 0 N–H and O–H groups in total. The van der Waals surface area contributed by atoms with E-state index in [1.165, 1.54) is 83.2 Å². The number of rotatable bonds is 5. The highest BCUT2D eigenvalue weighted by Gasteiger charge is 2.53. The van der Waals surface area contributed by atoms with Crippen LogP contribution in [0.15, 0.2) is 212 Å². The van der Waals surface area contributed by atoms with Crippen molar-refractivity contribution in [1.29, 1.82) is 0 Å². The van der Waals surface area contributed by atoms with Crippen molar-refractivity contribution in [1.82, 2.24) is 0 Å². The summed E-state index contributed by atoms with van der Waals surface area (Å²) in [6.07, 6.45) is 0. The van der Waals surface area contributed by atoms with Gasteiger partial charge in [-0.3, -0.25) is 0 Å². The van der Waals surface area contributed by atoms with E-state index in [1.807, 2.05) is 0 Å². The minimum absolute atomic E-state index is 0.467. The molecule has 9 aromatic carbocycles. The van der Waals surface area contributed by atoms with Gasteiger partial charge in [0, 0.05) is 16.9 Å². The van der Waals surface area contributed by atoms with Crippen molar-refractivity contribution in [2.75, 3.05) is 4.90 Å². The van der Waals surface area contributed by atoms with E-state index < -0.39 is 5.41 Å². The van der Waals surface area contributed by atoms with Gasteiger partial charge >= 0.3 is 0 Å². The van der Waals surface area contributed by atoms with Gasteiger partial charge < -0.3 is 4.90 Å². The van der Waals surface area contributed by atoms with Gasteiger partial charge in [0.2, 0.25) is 0 Å². The lowest BCUT2D eigenvalue weighted by atomic mass is 9.70. The van der Waals surface area contributed by atoms with Gasteiger partial charge in [0.15, 0.2) is 0 Å². The molecule has 1 heteroatoms. The molecular formula is C53H35N. The molecular weight excluding hydrogens is 651 g/mol. The number of anilines is 3. The second kappa shape index (κ2) is 12.0. The highest BCUT2D eigenvalue weighted by Crippen LogP contribution is 2.65. The summed E-state index contributed by atoms with van der Waals surface area (Å²) in [6, 6.07) is 78.2. The molecule has 1 atom stereocenters. The first-order chi connectivity index (χ1) is 26.8. The van der Waals surface area contributed by atoms with Crippen LogP contribution in [0.4, 0.5) is 17.1 Å². The Kier molecular flexibility index (Phi) is 6.84. The zero-order chi connectivity index (χ0) is 35.6. The third kappa shape index (κ3) is 4.39. The first-order valence-corrected chi connectivity index (χ1v) is 18.8. The van der Waals surface area contributed by atoms with Gasteiger partial charge in [0.1, 0.15) is 0 Å². The molecule has 11 rings (SSSR count). The lowest BCUT2D eigenvalue weighted by Gasteiger charge is -2.32. The molecule has 0 radical (unpaired) electrons. The average Bonchev–Trinajstić information content (AvgIpc) is 3.73. The van der Waals surface area contributed by atoms with E-state index in [2.05, 4.69) is 217 Å². The molecule has 1 unspecified atom stereocenters. The first-order valence-electron chi connectivity index (χ1n) is 18.8. The van der Waals surface area contributed by atoms with Gasteiger partial charge in [-0.05, 0) is 102 Å². The standard InChI is InChI=1S/C53H35N/c1-3-15-36(16-4-1)38-29-32-41(33-30-38)54(42-34-31-37-17-7-8-20-40(37)35-42)50-28-14-27-49-52(50)45-22-10-12-25-47(45)53(49)46-24-11-9-21-44(46)51-43(23-13-26-48(51)53)39-18-5-2-6-19-39/h1-35H. The largest absolute Gasteiger partial charge is 0.310 e. The van der Waals surface area contributed by atoms with Crippen LogP contribution in [0.5, 0.6) is 0 Å². The fourth-order valence-corrected chi connectivity index (χ4v) is 9.44. The third-order valence-corrected chi connectivity index (χ3v) is 11.7. The van der Waals surface area contributed by atoms with Crippen molar-refractivity contribution in [3.63, 3.8) is 0 Å². The van der Waals surface area contributed by atoms with Crippen LogP contribution >= 0.6 is 0 Å². The maximum Gasteiger partial charge on any atom is 0.0726 e. The minimum atomic E-state index is -0.467. The monoisotopic (exact) mass is 685 g/mol. The molecule has 9 aromatic rings. The van der Waals surface area contributed by atoms with E-state index in [1.54, 1.807) is 0 Å². The fourth-order valence-electron chi connectivity index (χ4n) is 9.44. The van der Waals surface area contributed by atoms with Crippen LogP contribution in [0.25, 0.3) is 55.3 Å². The number of hydrogen-bond acceptors (Lipinski definition) is 1. The topological polar surface area (TPSA) is 3.24 Å². The molecule has 0 heterocycles. The summed E-state index contributed by atoms with van der Waals surface area (Å²) in [5.74, 6) is 0. The van der Waals surface area contributed by atoms with Crippen LogP contribution < -0.4 is 4.90 Å². The predicted octanol–water partition coefficient (Wildman–Crippen LogP) is 14.0. The van der Waals surface area contributed by atoms with Crippen molar-refractivity contribution in [2.24, 2.45) is 0 Å². The zero-order valence-corrected chi connectivity index (χ0v) is 29.7. The molecule has 0 aliphatic heterocycles. The second-order valence-corrected chi connectivity index (χ2v) is 14.4. The van der Waals surface area contributed by atoms with Crippen LogP contribution in [0.3, 0.4) is 0 Å². The summed E-state index contributed by atoms with van der Waals surface area (Å²) >= 11 is 0. The van der Waals surface area contributed by atoms with Crippen LogP contribution in [0.2, 0.25) is 0 Å². The van der Waals surface area contributed by atoms with Crippen LogP contribution in [0, 0.1) is 0 Å². The van der Waals surface area contributed by atoms with E-state index in [0.717, 1.165) is 11.4 Å². The van der Waals surface area contributed by atoms with E-state index in [0.29, 0.717) is 0 Å². The normalized spacial score (nSPS) is 14.7. The Morgan fingerprint density at radius 1 is 0.296 bits per heavy atom. The molecule has 0 saturated heterocycles. The number of fused-ring (bicyclic) bond motifs is 11. The van der Waals surface area contributed by atoms with Crippen molar-refractivity contribution in [2.45, 2.75) is 5.41 Å². The van der Waals surface area contributed by atoms with Crippen molar-refractivity contribution in [3.05, 3.63) is 235 Å². The van der Waals surface area contributed by atoms with Crippen molar-refractivity contribution < 1.29 is 0 Å². The Bertz CT molecular complexity index is 2870. The summed E-state index contributed by atoms with van der Waals surface area (Å²) in [5.41, 5.74) is 18.4. The predicted molar refractivity (Wildman–Crippen MR) is 226 cm³/mol. The summed E-state index contributed by atoms with van der Waals surface area (Å²) in [7, 11) is 0. The average molecular weight is 686 g/mol. The lowest BCUT2D eigenvalue weighted by molar-refractivity contribution is 0.794. The molecule has 0 saturated carbocycles. The van der Waals surface area contributed by atoms with Gasteiger partial charge in [0.05, 0.1) is 11.1 Å². The maximum absolute atomic E-state index is 2.47. The van der Waals surface area contributed by atoms with Crippen LogP contribution in [-0.4, -0.2) is 0 Å². The molecule has 2 aliphatic rings.